The number of amides is 6. The van der Waals surface area contributed by atoms with E-state index < -0.39 is 96.1 Å². The molecule has 13 N–H and O–H groups in total. The number of rotatable bonds is 54. The molecule has 0 saturated carbocycles. The van der Waals surface area contributed by atoms with Gasteiger partial charge in [-0.1, -0.05) is 77.0 Å². The molecule has 27 nitrogen and oxygen atoms in total. The quantitative estimate of drug-likeness (QED) is 0.0383. The van der Waals surface area contributed by atoms with Crippen molar-refractivity contribution >= 4 is 65.3 Å². The molecule has 4 atom stereocenters. The number of carboxylic acid groups (broad SMARTS) is 5. The zero-order chi connectivity index (χ0) is 58.2. The first-order chi connectivity index (χ1) is 37.3. The number of unbranched alkanes of at least 4 members (excludes halogenated alkanes) is 14. The van der Waals surface area contributed by atoms with Gasteiger partial charge in [-0.05, 0) is 51.4 Å². The Morgan fingerprint density at radius 2 is 0.667 bits per heavy atom. The Balaban J connectivity index is 4.00. The molecule has 0 aliphatic heterocycles. The second kappa shape index (κ2) is 48.1. The predicted octanol–water partition coefficient (Wildman–Crippen LogP) is 1.36. The van der Waals surface area contributed by atoms with Crippen molar-refractivity contribution in [2.75, 3.05) is 72.5 Å². The number of ether oxygens (including phenoxy) is 4. The van der Waals surface area contributed by atoms with E-state index in [9.17, 15) is 68.1 Å². The van der Waals surface area contributed by atoms with Gasteiger partial charge in [0.1, 0.15) is 37.4 Å². The highest BCUT2D eigenvalue weighted by Gasteiger charge is 2.25. The van der Waals surface area contributed by atoms with Crippen LogP contribution in [0.1, 0.15) is 161 Å². The largest absolute Gasteiger partial charge is 0.481 e. The molecule has 0 rings (SSSR count). The molecular formula is C51H89N7O20. The summed E-state index contributed by atoms with van der Waals surface area (Å²) in [7, 11) is 0. The Hall–Kier alpha value is -6.03. The van der Waals surface area contributed by atoms with Crippen molar-refractivity contribution in [2.24, 2.45) is 5.73 Å². The van der Waals surface area contributed by atoms with E-state index in [1.54, 1.807) is 0 Å². The summed E-state index contributed by atoms with van der Waals surface area (Å²) in [5, 5.41) is 60.8. The van der Waals surface area contributed by atoms with E-state index in [1.165, 1.54) is 25.7 Å². The minimum absolute atomic E-state index is 0.00511. The van der Waals surface area contributed by atoms with Gasteiger partial charge in [-0.2, -0.15) is 0 Å². The number of nitrogens with two attached hydrogens (primary N) is 1. The van der Waals surface area contributed by atoms with E-state index in [-0.39, 0.29) is 124 Å². The molecule has 0 aromatic heterocycles. The van der Waals surface area contributed by atoms with Crippen molar-refractivity contribution < 1.29 is 97.2 Å². The smallest absolute Gasteiger partial charge is 0.326 e. The Kier molecular flexibility index (Phi) is 44.4. The number of carbonyl (C=O) groups is 11. The molecule has 78 heavy (non-hydrogen) atoms. The van der Waals surface area contributed by atoms with E-state index in [0.29, 0.717) is 19.3 Å². The summed E-state index contributed by atoms with van der Waals surface area (Å²) in [6, 6.07) is -5.05. The Morgan fingerprint density at radius 1 is 0.321 bits per heavy atom. The van der Waals surface area contributed by atoms with Crippen LogP contribution in [0, 0.1) is 0 Å². The predicted molar refractivity (Wildman–Crippen MR) is 280 cm³/mol. The fourth-order valence-electron chi connectivity index (χ4n) is 7.41. The zero-order valence-electron chi connectivity index (χ0n) is 45.2. The maximum atomic E-state index is 12.5. The molecule has 0 radical (unpaired) electrons. The summed E-state index contributed by atoms with van der Waals surface area (Å²) >= 11 is 0. The van der Waals surface area contributed by atoms with Crippen molar-refractivity contribution in [3.05, 3.63) is 0 Å². The number of carbonyl (C=O) groups excluding carboxylic acids is 6. The molecule has 0 aliphatic rings. The van der Waals surface area contributed by atoms with Gasteiger partial charge in [0.25, 0.3) is 0 Å². The van der Waals surface area contributed by atoms with E-state index in [4.69, 9.17) is 34.9 Å². The lowest BCUT2D eigenvalue weighted by Crippen LogP contribution is -2.44. The lowest BCUT2D eigenvalue weighted by molar-refractivity contribution is -0.143. The third kappa shape index (κ3) is 45.0. The summed E-state index contributed by atoms with van der Waals surface area (Å²) in [4.78, 5) is 130. The number of nitrogens with one attached hydrogen (secondary N) is 6. The number of hydrogen-bond donors (Lipinski definition) is 12. The van der Waals surface area contributed by atoms with Crippen molar-refractivity contribution in [3.63, 3.8) is 0 Å². The maximum absolute atomic E-state index is 12.5. The van der Waals surface area contributed by atoms with Gasteiger partial charge in [-0.15, -0.1) is 0 Å². The van der Waals surface area contributed by atoms with Crippen molar-refractivity contribution in [1.29, 1.82) is 0 Å². The molecule has 0 aromatic rings. The van der Waals surface area contributed by atoms with Crippen LogP contribution in [0.25, 0.3) is 0 Å². The molecule has 0 heterocycles. The summed E-state index contributed by atoms with van der Waals surface area (Å²) in [5.41, 5.74) is 5.42. The second-order valence-electron chi connectivity index (χ2n) is 18.7. The molecule has 0 aliphatic carbocycles. The van der Waals surface area contributed by atoms with Gasteiger partial charge >= 0.3 is 29.8 Å². The molecule has 6 amide bonds. The minimum atomic E-state index is -1.42. The summed E-state index contributed by atoms with van der Waals surface area (Å²) < 4.78 is 21.1. The lowest BCUT2D eigenvalue weighted by Gasteiger charge is -2.17. The molecule has 1 unspecified atom stereocenters. The third-order valence-corrected chi connectivity index (χ3v) is 11.9. The fraction of sp³-hybridized carbons (Fsp3) is 0.784. The molecule has 0 fully saturated rings. The van der Waals surface area contributed by atoms with Gasteiger partial charge in [0, 0.05) is 51.7 Å². The molecule has 0 spiro atoms. The minimum Gasteiger partial charge on any atom is -0.481 e. The maximum Gasteiger partial charge on any atom is 0.326 e. The number of aliphatic carboxylic acids is 5. The van der Waals surface area contributed by atoms with Crippen LogP contribution < -0.4 is 37.6 Å². The highest BCUT2D eigenvalue weighted by Crippen LogP contribution is 2.14. The van der Waals surface area contributed by atoms with E-state index in [0.717, 1.165) is 57.8 Å². The van der Waals surface area contributed by atoms with Crippen LogP contribution >= 0.6 is 0 Å². The van der Waals surface area contributed by atoms with Crippen LogP contribution in [-0.4, -0.2) is 187 Å². The standard InChI is InChI=1S/C51H89N7O20/c52-37(48(67)68)17-15-16-26-53-41(59)23-21-40(51(73)74)58-46(64)36-78-34-32-76-30-28-55-45(63)35-77-33-31-75-29-27-54-42(60)24-20-38(49(69)70)57-44(62)25-22-39(50(71)72)56-43(61)18-13-11-9-7-5-3-1-2-4-6-8-10-12-14-19-47(65)66/h37-40H,1-36,52H2,(H,53,59)(H,54,60)(H,55,63)(H,56,61)(H,57,62)(H,58,64)(H,65,66)(H,67,68)(H,69,70)(H,71,72)(H,73,74)/t37-,38?,39-,40-/m0/s1. The van der Waals surface area contributed by atoms with Crippen LogP contribution in [0.2, 0.25) is 0 Å². The normalized spacial score (nSPS) is 12.5. The first-order valence-corrected chi connectivity index (χ1v) is 27.2. The van der Waals surface area contributed by atoms with Gasteiger partial charge in [0.05, 0.1) is 39.6 Å². The Labute approximate surface area is 456 Å². The summed E-state index contributed by atoms with van der Waals surface area (Å²) in [6.45, 7) is 0.192. The zero-order valence-corrected chi connectivity index (χ0v) is 45.2. The van der Waals surface area contributed by atoms with Gasteiger partial charge in [0.15, 0.2) is 0 Å². The number of carboxylic acids is 5. The average Bonchev–Trinajstić information content (AvgIpc) is 3.38. The van der Waals surface area contributed by atoms with Crippen molar-refractivity contribution in [3.8, 4) is 0 Å². The lowest BCUT2D eigenvalue weighted by atomic mass is 10.0. The molecular weight excluding hydrogens is 1030 g/mol. The first-order valence-electron chi connectivity index (χ1n) is 27.2. The van der Waals surface area contributed by atoms with Gasteiger partial charge in [0.2, 0.25) is 35.4 Å². The monoisotopic (exact) mass is 1120 g/mol. The van der Waals surface area contributed by atoms with Crippen LogP contribution in [0.15, 0.2) is 0 Å². The summed E-state index contributed by atoms with van der Waals surface area (Å²) in [5.74, 6) is -9.14. The highest BCUT2D eigenvalue weighted by molar-refractivity contribution is 5.87. The molecule has 0 aromatic carbocycles. The average molecular weight is 1120 g/mol. The van der Waals surface area contributed by atoms with Crippen LogP contribution in [-0.2, 0) is 71.7 Å². The van der Waals surface area contributed by atoms with Crippen LogP contribution in [0.3, 0.4) is 0 Å². The molecule has 0 bridgehead atoms. The van der Waals surface area contributed by atoms with E-state index >= 15 is 0 Å². The molecule has 448 valence electrons. The van der Waals surface area contributed by atoms with Crippen molar-refractivity contribution in [1.82, 2.24) is 31.9 Å². The topological polar surface area (TPSA) is 424 Å². The van der Waals surface area contributed by atoms with Gasteiger partial charge < -0.3 is 82.1 Å². The fourth-order valence-corrected chi connectivity index (χ4v) is 7.41. The second-order valence-corrected chi connectivity index (χ2v) is 18.7. The van der Waals surface area contributed by atoms with E-state index in [2.05, 4.69) is 31.9 Å². The molecule has 0 saturated heterocycles. The number of hydrogen-bond acceptors (Lipinski definition) is 16. The first kappa shape index (κ1) is 72.0. The van der Waals surface area contributed by atoms with E-state index in [1.807, 2.05) is 0 Å². The summed E-state index contributed by atoms with van der Waals surface area (Å²) in [6.07, 6.45) is 14.5. The van der Waals surface area contributed by atoms with Crippen molar-refractivity contribution in [2.45, 2.75) is 185 Å². The highest BCUT2D eigenvalue weighted by atomic mass is 16.5. The van der Waals surface area contributed by atoms with Crippen LogP contribution in [0.5, 0.6) is 0 Å². The Bertz CT molecular complexity index is 1780. The van der Waals surface area contributed by atoms with Crippen LogP contribution in [0.4, 0.5) is 0 Å². The molecule has 27 heteroatoms. The van der Waals surface area contributed by atoms with Gasteiger partial charge in [-0.3, -0.25) is 38.4 Å². The third-order valence-electron chi connectivity index (χ3n) is 11.9. The SMILES string of the molecule is N[C@@H](CCCCNC(=O)CC[C@H](NC(=O)COCCOCCNC(=O)COCCOCCNC(=O)CCC(NC(=O)CC[C@H](NC(=O)CCCCCCCCCCCCCCCCC(=O)O)C(=O)O)C(=O)O)C(=O)O)C(=O)O. The van der Waals surface area contributed by atoms with Gasteiger partial charge in [-0.25, -0.2) is 14.4 Å². The Morgan fingerprint density at radius 3 is 1.09 bits per heavy atom.